The van der Waals surface area contributed by atoms with E-state index in [0.29, 0.717) is 0 Å². The second-order valence-electron chi connectivity index (χ2n) is 8.54. The van der Waals surface area contributed by atoms with Crippen molar-refractivity contribution in [3.8, 4) is 11.4 Å². The maximum absolute atomic E-state index is 5.53. The first-order chi connectivity index (χ1) is 13.4. The zero-order chi connectivity index (χ0) is 19.7. The van der Waals surface area contributed by atoms with Crippen LogP contribution in [0.4, 0.5) is 11.5 Å². The molecule has 0 aromatic carbocycles. The Balaban J connectivity index is 1.89. The second kappa shape index (κ2) is 7.39. The lowest BCUT2D eigenvalue weighted by atomic mass is 9.96. The van der Waals surface area contributed by atoms with Crippen LogP contribution in [0.15, 0.2) is 30.6 Å². The van der Waals surface area contributed by atoms with E-state index in [1.54, 1.807) is 6.20 Å². The molecule has 1 aliphatic rings. The molecule has 0 amide bonds. The van der Waals surface area contributed by atoms with Crippen LogP contribution in [-0.2, 0) is 4.74 Å². The quantitative estimate of drug-likeness (QED) is 0.749. The molecule has 28 heavy (non-hydrogen) atoms. The summed E-state index contributed by atoms with van der Waals surface area (Å²) in [5.74, 6) is 0.973. The first kappa shape index (κ1) is 18.7. The molecular weight excluding hydrogens is 352 g/mol. The third-order valence-corrected chi connectivity index (χ3v) is 4.91. The maximum Gasteiger partial charge on any atom is 0.131 e. The van der Waals surface area contributed by atoms with Gasteiger partial charge >= 0.3 is 0 Å². The molecule has 3 aromatic rings. The van der Waals surface area contributed by atoms with E-state index in [1.165, 1.54) is 5.69 Å². The van der Waals surface area contributed by atoms with E-state index < -0.39 is 0 Å². The van der Waals surface area contributed by atoms with Gasteiger partial charge in [0.25, 0.3) is 0 Å². The number of ether oxygens (including phenoxy) is 1. The highest BCUT2D eigenvalue weighted by molar-refractivity contribution is 6.00. The standard InChI is InChI=1S/C21H28N6O/c1-21(2,3)14-26(4)17-13-18(27-9-11-28-12-10-27)24-19-15(17)5-7-22-20(19)16-6-8-23-25-16/h5-8,13H,9-12,14H2,1-4H3,(H,23,25). The lowest BCUT2D eigenvalue weighted by molar-refractivity contribution is 0.122. The molecule has 3 aromatic heterocycles. The monoisotopic (exact) mass is 380 g/mol. The third-order valence-electron chi connectivity index (χ3n) is 4.91. The van der Waals surface area contributed by atoms with Gasteiger partial charge in [-0.05, 0) is 17.5 Å². The van der Waals surface area contributed by atoms with Crippen molar-refractivity contribution in [1.29, 1.82) is 0 Å². The summed E-state index contributed by atoms with van der Waals surface area (Å²) in [6, 6.07) is 6.19. The van der Waals surface area contributed by atoms with Gasteiger partial charge in [0.15, 0.2) is 0 Å². The number of aromatic nitrogens is 4. The zero-order valence-electron chi connectivity index (χ0n) is 17.1. The largest absolute Gasteiger partial charge is 0.378 e. The highest BCUT2D eigenvalue weighted by atomic mass is 16.5. The van der Waals surface area contributed by atoms with Crippen LogP contribution < -0.4 is 9.80 Å². The Hall–Kier alpha value is -2.67. The van der Waals surface area contributed by atoms with E-state index in [4.69, 9.17) is 9.72 Å². The molecule has 0 atom stereocenters. The maximum atomic E-state index is 5.53. The van der Waals surface area contributed by atoms with Crippen molar-refractivity contribution in [3.63, 3.8) is 0 Å². The number of pyridine rings is 2. The van der Waals surface area contributed by atoms with Crippen molar-refractivity contribution in [2.24, 2.45) is 5.41 Å². The number of anilines is 2. The summed E-state index contributed by atoms with van der Waals surface area (Å²) in [6.45, 7) is 10.9. The second-order valence-corrected chi connectivity index (χ2v) is 8.54. The molecule has 0 unspecified atom stereocenters. The number of hydrogen-bond donors (Lipinski definition) is 1. The molecule has 1 aliphatic heterocycles. The summed E-state index contributed by atoms with van der Waals surface area (Å²) >= 11 is 0. The number of hydrogen-bond acceptors (Lipinski definition) is 6. The average Bonchev–Trinajstić information content (AvgIpc) is 3.20. The molecular formula is C21H28N6O. The predicted octanol–water partition coefficient (Wildman–Crippen LogP) is 3.34. The van der Waals surface area contributed by atoms with Crippen molar-refractivity contribution in [2.75, 3.05) is 49.7 Å². The van der Waals surface area contributed by atoms with Gasteiger partial charge in [0.1, 0.15) is 17.0 Å². The van der Waals surface area contributed by atoms with Gasteiger partial charge in [-0.2, -0.15) is 5.10 Å². The van der Waals surface area contributed by atoms with Crippen LogP contribution in [0.2, 0.25) is 0 Å². The molecule has 7 nitrogen and oxygen atoms in total. The van der Waals surface area contributed by atoms with E-state index >= 15 is 0 Å². The van der Waals surface area contributed by atoms with Crippen molar-refractivity contribution in [1.82, 2.24) is 20.2 Å². The normalized spacial score (nSPS) is 15.2. The summed E-state index contributed by atoms with van der Waals surface area (Å²) in [7, 11) is 2.15. The number of fused-ring (bicyclic) bond motifs is 1. The molecule has 0 radical (unpaired) electrons. The van der Waals surface area contributed by atoms with Crippen molar-refractivity contribution in [2.45, 2.75) is 20.8 Å². The molecule has 0 aliphatic carbocycles. The Labute approximate surface area is 165 Å². The fourth-order valence-corrected chi connectivity index (χ4v) is 3.77. The minimum Gasteiger partial charge on any atom is -0.378 e. The summed E-state index contributed by atoms with van der Waals surface area (Å²) in [5.41, 5.74) is 3.95. The van der Waals surface area contributed by atoms with Gasteiger partial charge in [-0.15, -0.1) is 0 Å². The fraction of sp³-hybridized carbons (Fsp3) is 0.476. The molecule has 0 spiro atoms. The van der Waals surface area contributed by atoms with Gasteiger partial charge in [0, 0.05) is 56.2 Å². The van der Waals surface area contributed by atoms with Gasteiger partial charge in [-0.1, -0.05) is 20.8 Å². The first-order valence-corrected chi connectivity index (χ1v) is 9.76. The lowest BCUT2D eigenvalue weighted by Crippen LogP contribution is -2.37. The van der Waals surface area contributed by atoms with E-state index in [0.717, 1.165) is 61.0 Å². The Morgan fingerprint density at radius 2 is 1.96 bits per heavy atom. The van der Waals surface area contributed by atoms with Gasteiger partial charge < -0.3 is 14.5 Å². The Kier molecular flexibility index (Phi) is 4.93. The topological polar surface area (TPSA) is 70.2 Å². The molecule has 148 valence electrons. The van der Waals surface area contributed by atoms with Crippen LogP contribution in [0.3, 0.4) is 0 Å². The zero-order valence-corrected chi connectivity index (χ0v) is 17.1. The number of aromatic amines is 1. The molecule has 0 saturated carbocycles. The Morgan fingerprint density at radius 1 is 1.18 bits per heavy atom. The minimum absolute atomic E-state index is 0.183. The van der Waals surface area contributed by atoms with Crippen LogP contribution in [-0.4, -0.2) is 60.1 Å². The molecule has 1 saturated heterocycles. The summed E-state index contributed by atoms with van der Waals surface area (Å²) in [4.78, 5) is 14.3. The summed E-state index contributed by atoms with van der Waals surface area (Å²) < 4.78 is 5.53. The fourth-order valence-electron chi connectivity index (χ4n) is 3.77. The Morgan fingerprint density at radius 3 is 2.64 bits per heavy atom. The predicted molar refractivity (Wildman–Crippen MR) is 113 cm³/mol. The molecule has 4 heterocycles. The molecule has 7 heteroatoms. The SMILES string of the molecule is CN(CC(C)(C)C)c1cc(N2CCOCC2)nc2c(-c3ccn[nH]3)nccc12. The lowest BCUT2D eigenvalue weighted by Gasteiger charge is -2.32. The number of morpholine rings is 1. The van der Waals surface area contributed by atoms with E-state index in [-0.39, 0.29) is 5.41 Å². The molecule has 4 rings (SSSR count). The van der Waals surface area contributed by atoms with Crippen molar-refractivity contribution in [3.05, 3.63) is 30.6 Å². The number of nitrogens with zero attached hydrogens (tertiary/aromatic N) is 5. The summed E-state index contributed by atoms with van der Waals surface area (Å²) in [6.07, 6.45) is 3.59. The highest BCUT2D eigenvalue weighted by Gasteiger charge is 2.21. The smallest absolute Gasteiger partial charge is 0.131 e. The van der Waals surface area contributed by atoms with Crippen molar-refractivity contribution < 1.29 is 4.74 Å². The van der Waals surface area contributed by atoms with Crippen LogP contribution >= 0.6 is 0 Å². The van der Waals surface area contributed by atoms with Crippen molar-refractivity contribution >= 4 is 22.4 Å². The van der Waals surface area contributed by atoms with Gasteiger partial charge in [-0.3, -0.25) is 10.1 Å². The van der Waals surface area contributed by atoms with Gasteiger partial charge in [0.05, 0.1) is 18.9 Å². The minimum atomic E-state index is 0.183. The number of H-pyrrole nitrogens is 1. The number of rotatable bonds is 4. The summed E-state index contributed by atoms with van der Waals surface area (Å²) in [5, 5.41) is 8.23. The van der Waals surface area contributed by atoms with Crippen LogP contribution in [0.25, 0.3) is 22.3 Å². The Bertz CT molecular complexity index is 941. The van der Waals surface area contributed by atoms with Gasteiger partial charge in [-0.25, -0.2) is 4.98 Å². The van der Waals surface area contributed by atoms with E-state index in [1.807, 2.05) is 12.3 Å². The third kappa shape index (κ3) is 3.80. The molecule has 1 fully saturated rings. The number of nitrogens with one attached hydrogen (secondary N) is 1. The van der Waals surface area contributed by atoms with Gasteiger partial charge in [0.2, 0.25) is 0 Å². The molecule has 0 bridgehead atoms. The van der Waals surface area contributed by atoms with E-state index in [9.17, 15) is 0 Å². The average molecular weight is 380 g/mol. The van der Waals surface area contributed by atoms with Crippen LogP contribution in [0.1, 0.15) is 20.8 Å². The van der Waals surface area contributed by atoms with Crippen LogP contribution in [0, 0.1) is 5.41 Å². The highest BCUT2D eigenvalue weighted by Crippen LogP contribution is 2.34. The molecule has 1 N–H and O–H groups in total. The van der Waals surface area contributed by atoms with E-state index in [2.05, 4.69) is 64.9 Å². The van der Waals surface area contributed by atoms with Crippen LogP contribution in [0.5, 0.6) is 0 Å². The first-order valence-electron chi connectivity index (χ1n) is 9.76.